The van der Waals surface area contributed by atoms with Crippen molar-refractivity contribution in [3.8, 4) is 5.75 Å². The Morgan fingerprint density at radius 1 is 1.00 bits per heavy atom. The van der Waals surface area contributed by atoms with Crippen LogP contribution in [0, 0.1) is 0 Å². The monoisotopic (exact) mass is 561 g/mol. The van der Waals surface area contributed by atoms with Gasteiger partial charge in [-0.2, -0.15) is 28.1 Å². The molecular weight excluding hydrogens is 528 g/mol. The molecule has 4 rings (SSSR count). The van der Waals surface area contributed by atoms with Gasteiger partial charge in [0.25, 0.3) is 0 Å². The summed E-state index contributed by atoms with van der Waals surface area (Å²) in [5.74, 6) is -1.23. The van der Waals surface area contributed by atoms with Crippen molar-refractivity contribution in [3.05, 3.63) is 23.8 Å². The summed E-state index contributed by atoms with van der Waals surface area (Å²) < 4.78 is 83.8. The summed E-state index contributed by atoms with van der Waals surface area (Å²) in [7, 11) is 0. The van der Waals surface area contributed by atoms with Crippen molar-refractivity contribution in [1.29, 1.82) is 0 Å². The van der Waals surface area contributed by atoms with E-state index in [1.165, 1.54) is 4.90 Å². The van der Waals surface area contributed by atoms with E-state index in [4.69, 9.17) is 5.73 Å². The number of halogens is 6. The second kappa shape index (κ2) is 12.0. The van der Waals surface area contributed by atoms with Crippen LogP contribution in [-0.4, -0.2) is 57.9 Å². The van der Waals surface area contributed by atoms with Crippen molar-refractivity contribution in [3.63, 3.8) is 0 Å². The summed E-state index contributed by atoms with van der Waals surface area (Å²) in [6, 6.07) is 2.52. The number of rotatable bonds is 8. The van der Waals surface area contributed by atoms with E-state index in [1.54, 1.807) is 0 Å². The molecule has 8 nitrogen and oxygen atoms in total. The minimum atomic E-state index is -5.28. The fourth-order valence-electron chi connectivity index (χ4n) is 5.32. The molecule has 1 aromatic heterocycles. The van der Waals surface area contributed by atoms with E-state index in [1.807, 2.05) is 6.92 Å². The Labute approximate surface area is 222 Å². The first-order valence-electron chi connectivity index (χ1n) is 13.2. The van der Waals surface area contributed by atoms with Crippen LogP contribution in [0.25, 0.3) is 0 Å². The Morgan fingerprint density at radius 2 is 1.72 bits per heavy atom. The first-order chi connectivity index (χ1) is 18.4. The summed E-state index contributed by atoms with van der Waals surface area (Å²) in [6.07, 6.45) is -2.45. The topological polar surface area (TPSA) is 92.4 Å². The van der Waals surface area contributed by atoms with Crippen molar-refractivity contribution in [2.45, 2.75) is 82.9 Å². The highest BCUT2D eigenvalue weighted by atomic mass is 19.4. The van der Waals surface area contributed by atoms with Crippen molar-refractivity contribution in [2.75, 3.05) is 35.6 Å². The Hall–Kier alpha value is -3.03. The first kappa shape index (κ1) is 29.0. The lowest BCUT2D eigenvalue weighted by atomic mass is 10.1. The van der Waals surface area contributed by atoms with E-state index < -0.39 is 23.9 Å². The smallest absolute Gasteiger partial charge is 0.405 e. The molecule has 0 radical (unpaired) electrons. The van der Waals surface area contributed by atoms with Gasteiger partial charge in [0, 0.05) is 24.3 Å². The molecule has 0 amide bonds. The predicted molar refractivity (Wildman–Crippen MR) is 135 cm³/mol. The number of nitrogens with two attached hydrogens (primary N) is 1. The molecule has 1 unspecified atom stereocenters. The summed E-state index contributed by atoms with van der Waals surface area (Å²) in [5.41, 5.74) is 4.41. The van der Waals surface area contributed by atoms with E-state index in [2.05, 4.69) is 29.9 Å². The predicted octanol–water partition coefficient (Wildman–Crippen LogP) is 6.13. The fourth-order valence-corrected chi connectivity index (χ4v) is 5.32. The van der Waals surface area contributed by atoms with Crippen LogP contribution in [0.2, 0.25) is 0 Å². The molecule has 2 aliphatic rings. The molecule has 2 fully saturated rings. The minimum absolute atomic E-state index is 0.0131. The lowest BCUT2D eigenvalue weighted by molar-refractivity contribution is -0.276. The van der Waals surface area contributed by atoms with Crippen LogP contribution in [0.15, 0.2) is 18.2 Å². The highest BCUT2D eigenvalue weighted by Gasteiger charge is 2.40. The van der Waals surface area contributed by atoms with Gasteiger partial charge >= 0.3 is 12.5 Å². The highest BCUT2D eigenvalue weighted by Crippen LogP contribution is 2.41. The lowest BCUT2D eigenvalue weighted by Crippen LogP contribution is -2.39. The Balaban J connectivity index is 1.74. The van der Waals surface area contributed by atoms with Gasteiger partial charge < -0.3 is 20.7 Å². The molecule has 1 aliphatic heterocycles. The van der Waals surface area contributed by atoms with Crippen molar-refractivity contribution >= 4 is 23.5 Å². The van der Waals surface area contributed by atoms with Gasteiger partial charge in [-0.1, -0.05) is 32.6 Å². The molecule has 1 aromatic carbocycles. The molecule has 3 N–H and O–H groups in total. The molecule has 14 heteroatoms. The summed E-state index contributed by atoms with van der Waals surface area (Å²) in [4.78, 5) is 16.6. The van der Waals surface area contributed by atoms with Crippen LogP contribution in [0.4, 0.5) is 49.9 Å². The number of benzene rings is 1. The quantitative estimate of drug-likeness (QED) is 0.294. The number of nitrogen functional groups attached to an aromatic ring is 1. The molecular formula is C25H33F6N7O. The number of anilines is 4. The number of nitrogens with zero attached hydrogens (tertiary/aromatic N) is 5. The summed E-state index contributed by atoms with van der Waals surface area (Å²) in [5, 5.41) is 3.29. The third kappa shape index (κ3) is 7.76. The molecule has 0 bridgehead atoms. The van der Waals surface area contributed by atoms with Gasteiger partial charge in [0.1, 0.15) is 5.75 Å². The molecule has 2 aromatic rings. The average Bonchev–Trinajstić information content (AvgIpc) is 3.14. The zero-order valence-corrected chi connectivity index (χ0v) is 21.7. The maximum absolute atomic E-state index is 13.9. The summed E-state index contributed by atoms with van der Waals surface area (Å²) >= 11 is 0. The van der Waals surface area contributed by atoms with Gasteiger partial charge in [0.05, 0.1) is 5.56 Å². The molecule has 216 valence electrons. The van der Waals surface area contributed by atoms with Crippen LogP contribution in [0.5, 0.6) is 5.75 Å². The third-order valence-electron chi connectivity index (χ3n) is 7.18. The first-order valence-corrected chi connectivity index (χ1v) is 13.2. The molecule has 1 saturated carbocycles. The lowest BCUT2D eigenvalue weighted by Gasteiger charge is -2.31. The SMILES string of the molecule is CCN1CCCC1CN(c1ccc(OC(F)(F)F)c(C(F)(F)F)c1)c1nc(N)nc(NC2CCCCCC2)n1. The van der Waals surface area contributed by atoms with E-state index in [0.29, 0.717) is 12.1 Å². The zero-order chi connectivity index (χ0) is 28.2. The molecule has 1 saturated heterocycles. The third-order valence-corrected chi connectivity index (χ3v) is 7.18. The molecule has 1 aliphatic carbocycles. The van der Waals surface area contributed by atoms with Crippen LogP contribution in [-0.2, 0) is 6.18 Å². The van der Waals surface area contributed by atoms with Crippen LogP contribution >= 0.6 is 0 Å². The van der Waals surface area contributed by atoms with Crippen molar-refractivity contribution in [2.24, 2.45) is 0 Å². The second-order valence-electron chi connectivity index (χ2n) is 9.91. The van der Waals surface area contributed by atoms with Crippen LogP contribution < -0.4 is 20.7 Å². The van der Waals surface area contributed by atoms with E-state index in [9.17, 15) is 26.3 Å². The van der Waals surface area contributed by atoms with Crippen molar-refractivity contribution in [1.82, 2.24) is 19.9 Å². The van der Waals surface area contributed by atoms with Crippen LogP contribution in [0.1, 0.15) is 63.9 Å². The largest absolute Gasteiger partial charge is 0.573 e. The van der Waals surface area contributed by atoms with E-state index >= 15 is 0 Å². The van der Waals surface area contributed by atoms with E-state index in [0.717, 1.165) is 70.5 Å². The van der Waals surface area contributed by atoms with E-state index in [-0.39, 0.29) is 42.2 Å². The van der Waals surface area contributed by atoms with Gasteiger partial charge in [-0.15, -0.1) is 13.2 Å². The number of hydrogen-bond donors (Lipinski definition) is 2. The zero-order valence-electron chi connectivity index (χ0n) is 21.7. The van der Waals surface area contributed by atoms with Gasteiger partial charge in [-0.3, -0.25) is 4.90 Å². The average molecular weight is 562 g/mol. The van der Waals surface area contributed by atoms with Gasteiger partial charge in [0.2, 0.25) is 17.8 Å². The Morgan fingerprint density at radius 3 is 2.36 bits per heavy atom. The maximum Gasteiger partial charge on any atom is 0.573 e. The number of ether oxygens (including phenoxy) is 1. The number of aromatic nitrogens is 3. The molecule has 1 atom stereocenters. The molecule has 2 heterocycles. The Kier molecular flexibility index (Phi) is 8.92. The maximum atomic E-state index is 13.9. The normalized spacial score (nSPS) is 19.6. The number of nitrogens with one attached hydrogen (secondary N) is 1. The second-order valence-corrected chi connectivity index (χ2v) is 9.91. The molecule has 0 spiro atoms. The standard InChI is InChI=1S/C25H33F6N7O/c1-2-37-13-7-10-18(37)15-38(17-11-12-20(39-25(29,30)31)19(14-17)24(26,27)28)23-35-21(32)34-22(36-23)33-16-8-5-3-4-6-9-16/h11-12,14,16,18H,2-10,13,15H2,1H3,(H3,32,33,34,35,36). The van der Waals surface area contributed by atoms with Gasteiger partial charge in [-0.05, 0) is 57.0 Å². The number of likely N-dealkylation sites (tertiary alicyclic amines) is 1. The van der Waals surface area contributed by atoms with Gasteiger partial charge in [0.15, 0.2) is 0 Å². The van der Waals surface area contributed by atoms with Crippen molar-refractivity contribution < 1.29 is 31.1 Å². The highest BCUT2D eigenvalue weighted by molar-refractivity contribution is 5.62. The van der Waals surface area contributed by atoms with Crippen LogP contribution in [0.3, 0.4) is 0 Å². The molecule has 39 heavy (non-hydrogen) atoms. The number of likely N-dealkylation sites (N-methyl/N-ethyl adjacent to an activating group) is 1. The van der Waals surface area contributed by atoms with Gasteiger partial charge in [-0.25, -0.2) is 0 Å². The number of alkyl halides is 6. The number of hydrogen-bond acceptors (Lipinski definition) is 8. The summed E-state index contributed by atoms with van der Waals surface area (Å²) in [6.45, 7) is 3.76. The minimum Gasteiger partial charge on any atom is -0.405 e. The Bertz CT molecular complexity index is 1110. The fraction of sp³-hybridized carbons (Fsp3) is 0.640.